The number of carbonyl (C=O) groups is 3. The van der Waals surface area contributed by atoms with Gasteiger partial charge < -0.3 is 56.0 Å². The number of nitrogens with one attached hydrogen (secondary N) is 2. The number of morpholine rings is 1. The lowest BCUT2D eigenvalue weighted by Gasteiger charge is -2.40. The molecule has 2 heterocycles. The molecule has 228 valence electrons. The lowest BCUT2D eigenvalue weighted by atomic mass is 9.96. The molecule has 0 radical (unpaired) electrons. The molecule has 4 rings (SSSR count). The topological polar surface area (TPSA) is 233 Å². The van der Waals surface area contributed by atoms with Gasteiger partial charge in [0.1, 0.15) is 5.75 Å². The number of fused-ring (bicyclic) bond motifs is 1. The number of aliphatic hydroxyl groups is 4. The summed E-state index contributed by atoms with van der Waals surface area (Å²) >= 11 is 0. The average Bonchev–Trinajstić information content (AvgIpc) is 3.30. The Hall–Kier alpha value is -4.06. The van der Waals surface area contributed by atoms with Crippen molar-refractivity contribution in [1.29, 1.82) is 0 Å². The quantitative estimate of drug-likeness (QED) is 0.0629. The third kappa shape index (κ3) is 5.31. The van der Waals surface area contributed by atoms with Crippen LogP contribution in [0.3, 0.4) is 0 Å². The molecule has 2 amide bonds. The van der Waals surface area contributed by atoms with Gasteiger partial charge in [-0.25, -0.2) is 4.39 Å². The molecule has 0 saturated carbocycles. The van der Waals surface area contributed by atoms with Crippen molar-refractivity contribution < 1.29 is 59.3 Å². The number of aromatic hydroxyl groups is 3. The number of ether oxygens (including phenoxy) is 1. The van der Waals surface area contributed by atoms with Gasteiger partial charge in [-0.15, -0.1) is 0 Å². The van der Waals surface area contributed by atoms with E-state index in [1.54, 1.807) is 0 Å². The highest BCUT2D eigenvalue weighted by molar-refractivity contribution is 6.03. The molecule has 0 bridgehead atoms. The fraction of sp³-hybridized carbons (Fsp3) is 0.423. The van der Waals surface area contributed by atoms with Gasteiger partial charge in [0.05, 0.1) is 24.3 Å². The second-order valence-corrected chi connectivity index (χ2v) is 9.91. The zero-order chi connectivity index (χ0) is 31.0. The molecule has 2 aromatic carbocycles. The number of likely N-dealkylation sites (N-methyl/N-ethyl adjacent to an activating group) is 1. The molecule has 1 unspecified atom stereocenters. The second-order valence-electron chi connectivity index (χ2n) is 9.91. The minimum Gasteiger partial charge on any atom is -0.507 e. The molecule has 1 fully saturated rings. The van der Waals surface area contributed by atoms with E-state index < -0.39 is 77.4 Å². The maximum atomic E-state index is 15.0. The first-order valence-electron chi connectivity index (χ1n) is 12.7. The van der Waals surface area contributed by atoms with Crippen LogP contribution in [0, 0.1) is 5.82 Å². The van der Waals surface area contributed by atoms with Crippen LogP contribution >= 0.6 is 0 Å². The van der Waals surface area contributed by atoms with Crippen LogP contribution in [-0.4, -0.2) is 115 Å². The Labute approximate surface area is 238 Å². The first kappa shape index (κ1) is 30.9. The number of hydrogen-bond donors (Lipinski definition) is 9. The molecule has 42 heavy (non-hydrogen) atoms. The molecule has 2 aromatic rings. The highest BCUT2D eigenvalue weighted by Crippen LogP contribution is 2.43. The minimum atomic E-state index is -3.84. The number of phenols is 3. The number of halogens is 1. The summed E-state index contributed by atoms with van der Waals surface area (Å²) in [5.41, 5.74) is -0.179. The number of hydrogen-bond acceptors (Lipinski definition) is 13. The maximum absolute atomic E-state index is 15.0. The van der Waals surface area contributed by atoms with Crippen molar-refractivity contribution in [3.05, 3.63) is 46.3 Å². The van der Waals surface area contributed by atoms with Crippen molar-refractivity contribution >= 4 is 23.8 Å². The van der Waals surface area contributed by atoms with Crippen molar-refractivity contribution in [2.75, 3.05) is 38.7 Å². The van der Waals surface area contributed by atoms with Gasteiger partial charge in [-0.05, 0) is 12.1 Å². The number of benzene rings is 2. The first-order valence-corrected chi connectivity index (χ1v) is 12.7. The Kier molecular flexibility index (Phi) is 8.58. The van der Waals surface area contributed by atoms with Crippen LogP contribution in [0.1, 0.15) is 27.0 Å². The van der Waals surface area contributed by atoms with E-state index in [0.29, 0.717) is 31.2 Å². The lowest BCUT2D eigenvalue weighted by molar-refractivity contribution is -0.345. The third-order valence-electron chi connectivity index (χ3n) is 7.39. The summed E-state index contributed by atoms with van der Waals surface area (Å²) < 4.78 is 20.3. The van der Waals surface area contributed by atoms with E-state index in [-0.39, 0.29) is 28.9 Å². The largest absolute Gasteiger partial charge is 0.507 e. The van der Waals surface area contributed by atoms with E-state index in [0.717, 1.165) is 7.05 Å². The lowest BCUT2D eigenvalue weighted by Crippen LogP contribution is -2.70. The Bertz CT molecular complexity index is 1400. The number of anilines is 1. The molecule has 1 atom stereocenters. The first-order chi connectivity index (χ1) is 19.8. The van der Waals surface area contributed by atoms with Gasteiger partial charge in [0.25, 0.3) is 17.5 Å². The number of nitrogens with zero attached hydrogens (tertiary/aromatic N) is 2. The Balaban J connectivity index is 1.64. The van der Waals surface area contributed by atoms with Gasteiger partial charge in [0, 0.05) is 56.6 Å². The average molecular weight is 595 g/mol. The van der Waals surface area contributed by atoms with Gasteiger partial charge in [-0.3, -0.25) is 19.3 Å². The zero-order valence-corrected chi connectivity index (χ0v) is 22.4. The normalized spacial score (nSPS) is 16.7. The van der Waals surface area contributed by atoms with Crippen molar-refractivity contribution in [2.24, 2.45) is 0 Å². The van der Waals surface area contributed by atoms with E-state index >= 15 is 4.39 Å². The number of phenolic OH excluding ortho intramolecular Hbond substituents is 3. The number of rotatable bonds is 10. The fourth-order valence-corrected chi connectivity index (χ4v) is 4.96. The van der Waals surface area contributed by atoms with Crippen LogP contribution in [0.2, 0.25) is 0 Å². The molecule has 2 aliphatic heterocycles. The van der Waals surface area contributed by atoms with Crippen molar-refractivity contribution in [3.8, 4) is 17.2 Å². The van der Waals surface area contributed by atoms with E-state index in [1.165, 1.54) is 18.2 Å². The van der Waals surface area contributed by atoms with E-state index in [4.69, 9.17) is 4.74 Å². The Morgan fingerprint density at radius 2 is 1.76 bits per heavy atom. The van der Waals surface area contributed by atoms with Crippen molar-refractivity contribution in [1.82, 2.24) is 15.1 Å². The van der Waals surface area contributed by atoms with Gasteiger partial charge in [0.2, 0.25) is 5.91 Å². The van der Waals surface area contributed by atoms with Crippen LogP contribution < -0.4 is 10.6 Å². The molecule has 0 aliphatic carbocycles. The van der Waals surface area contributed by atoms with E-state index in [1.807, 2.05) is 4.90 Å². The fourth-order valence-electron chi connectivity index (χ4n) is 4.96. The van der Waals surface area contributed by atoms with Crippen molar-refractivity contribution in [2.45, 2.75) is 37.3 Å². The Morgan fingerprint density at radius 1 is 1.10 bits per heavy atom. The second kappa shape index (κ2) is 11.7. The van der Waals surface area contributed by atoms with Crippen LogP contribution in [0.25, 0.3) is 0 Å². The standard InChI is InChI=1S/C26H31FN4O11/c1-28-23(36)22(26(40,41)25(38,39)12-32)31-11-15-13(24(31)37)3-2-4-17(15)29-9-14-18(27)21(35)20(34)16(19(14)33)10-30-5-7-42-8-6-30/h2-4,12,22,29,33-35,38-41H,5-11H2,1H3,(H,28,36). The molecule has 9 N–H and O–H groups in total. The summed E-state index contributed by atoms with van der Waals surface area (Å²) in [6.07, 6.45) is -0.606. The summed E-state index contributed by atoms with van der Waals surface area (Å²) in [5, 5.41) is 77.0. The van der Waals surface area contributed by atoms with Gasteiger partial charge in [-0.1, -0.05) is 6.07 Å². The van der Waals surface area contributed by atoms with Crippen LogP contribution in [0.4, 0.5) is 10.1 Å². The molecular formula is C26H31FN4O11. The van der Waals surface area contributed by atoms with Crippen LogP contribution in [0.5, 0.6) is 17.2 Å². The van der Waals surface area contributed by atoms with E-state index in [9.17, 15) is 50.1 Å². The highest BCUT2D eigenvalue weighted by Gasteiger charge is 2.60. The Morgan fingerprint density at radius 3 is 2.38 bits per heavy atom. The number of carbonyl (C=O) groups excluding carboxylic acids is 3. The van der Waals surface area contributed by atoms with Crippen LogP contribution in [-0.2, 0) is 34.0 Å². The molecule has 2 aliphatic rings. The summed E-state index contributed by atoms with van der Waals surface area (Å²) in [6, 6.07) is 1.86. The predicted molar refractivity (Wildman–Crippen MR) is 139 cm³/mol. The molecule has 0 aromatic heterocycles. The molecule has 1 saturated heterocycles. The van der Waals surface area contributed by atoms with Gasteiger partial charge in [-0.2, -0.15) is 0 Å². The number of aldehydes is 1. The molecule has 0 spiro atoms. The minimum absolute atomic E-state index is 0.00495. The van der Waals surface area contributed by atoms with Crippen molar-refractivity contribution in [3.63, 3.8) is 0 Å². The van der Waals surface area contributed by atoms with Gasteiger partial charge >= 0.3 is 0 Å². The molecular weight excluding hydrogens is 563 g/mol. The van der Waals surface area contributed by atoms with Crippen LogP contribution in [0.15, 0.2) is 18.2 Å². The zero-order valence-electron chi connectivity index (χ0n) is 22.4. The third-order valence-corrected chi connectivity index (χ3v) is 7.39. The summed E-state index contributed by atoms with van der Waals surface area (Å²) in [4.78, 5) is 39.5. The molecule has 15 nitrogen and oxygen atoms in total. The SMILES string of the molecule is CNC(=O)C(N1Cc2c(NCc3c(O)c(CN4CCOCC4)c(O)c(O)c3F)cccc2C1=O)C(O)(O)C(O)(O)C=O. The maximum Gasteiger partial charge on any atom is 0.279 e. The number of amides is 2. The smallest absolute Gasteiger partial charge is 0.279 e. The van der Waals surface area contributed by atoms with Gasteiger partial charge in [0.15, 0.2) is 29.6 Å². The highest BCUT2D eigenvalue weighted by atomic mass is 19.1. The predicted octanol–water partition coefficient (Wildman–Crippen LogP) is -1.98. The summed E-state index contributed by atoms with van der Waals surface area (Å²) in [7, 11) is 1.09. The summed E-state index contributed by atoms with van der Waals surface area (Å²) in [5.74, 6) is -13.6. The monoisotopic (exact) mass is 594 g/mol. The summed E-state index contributed by atoms with van der Waals surface area (Å²) in [6.45, 7) is 0.840. The molecule has 16 heteroatoms. The van der Waals surface area contributed by atoms with E-state index in [2.05, 4.69) is 10.6 Å².